The molecule has 0 aliphatic carbocycles. The molecule has 168 valence electrons. The number of hydrogen-bond donors (Lipinski definition) is 2. The van der Waals surface area contributed by atoms with Crippen LogP contribution < -0.4 is 14.9 Å². The Hall–Kier alpha value is -2.13. The summed E-state index contributed by atoms with van der Waals surface area (Å²) >= 11 is 5.59. The Morgan fingerprint density at radius 2 is 1.77 bits per heavy atom. The van der Waals surface area contributed by atoms with Gasteiger partial charge in [0.05, 0.1) is 5.69 Å². The van der Waals surface area contributed by atoms with Crippen LogP contribution in [0, 0.1) is 0 Å². The maximum atomic E-state index is 13.4. The number of benzene rings is 2. The monoisotopic (exact) mass is 464 g/mol. The SMILES string of the molecule is CCN1CCN(c2ccc(NC(=O)CCl)cc2S(=O)(=O)NC(C)c2ccccc2)CC1. The third-order valence-electron chi connectivity index (χ3n) is 5.45. The van der Waals surface area contributed by atoms with Crippen molar-refractivity contribution in [2.45, 2.75) is 24.8 Å². The van der Waals surface area contributed by atoms with E-state index in [1.165, 1.54) is 6.07 Å². The van der Waals surface area contributed by atoms with Crippen molar-refractivity contribution in [1.29, 1.82) is 0 Å². The highest BCUT2D eigenvalue weighted by Crippen LogP contribution is 2.30. The molecule has 0 saturated carbocycles. The summed E-state index contributed by atoms with van der Waals surface area (Å²) in [4.78, 5) is 16.3. The van der Waals surface area contributed by atoms with E-state index in [4.69, 9.17) is 11.6 Å². The van der Waals surface area contributed by atoms with E-state index in [0.717, 1.165) is 38.3 Å². The van der Waals surface area contributed by atoms with Gasteiger partial charge in [-0.3, -0.25) is 4.79 Å². The smallest absolute Gasteiger partial charge is 0.243 e. The molecule has 0 spiro atoms. The number of nitrogens with zero attached hydrogens (tertiary/aromatic N) is 2. The average Bonchev–Trinajstić information content (AvgIpc) is 2.79. The first-order valence-electron chi connectivity index (χ1n) is 10.4. The van der Waals surface area contributed by atoms with E-state index >= 15 is 0 Å². The molecule has 0 bridgehead atoms. The molecule has 7 nitrogen and oxygen atoms in total. The molecule has 2 N–H and O–H groups in total. The van der Waals surface area contributed by atoms with Gasteiger partial charge < -0.3 is 15.1 Å². The van der Waals surface area contributed by atoms with Crippen molar-refractivity contribution in [2.75, 3.05) is 48.8 Å². The molecule has 2 aromatic carbocycles. The average molecular weight is 465 g/mol. The lowest BCUT2D eigenvalue weighted by atomic mass is 10.1. The molecule has 1 unspecified atom stereocenters. The van der Waals surface area contributed by atoms with E-state index in [9.17, 15) is 13.2 Å². The topological polar surface area (TPSA) is 81.8 Å². The van der Waals surface area contributed by atoms with E-state index in [2.05, 4.69) is 26.8 Å². The first-order chi connectivity index (χ1) is 14.8. The van der Waals surface area contributed by atoms with Crippen molar-refractivity contribution < 1.29 is 13.2 Å². The summed E-state index contributed by atoms with van der Waals surface area (Å²) < 4.78 is 29.6. The second-order valence-electron chi connectivity index (χ2n) is 7.54. The molecule has 0 radical (unpaired) electrons. The third kappa shape index (κ3) is 5.98. The van der Waals surface area contributed by atoms with E-state index < -0.39 is 16.1 Å². The number of anilines is 2. The number of piperazine rings is 1. The molecule has 3 rings (SSSR count). The summed E-state index contributed by atoms with van der Waals surface area (Å²) in [5.74, 6) is -0.591. The maximum Gasteiger partial charge on any atom is 0.243 e. The summed E-state index contributed by atoms with van der Waals surface area (Å²) in [7, 11) is -3.86. The predicted molar refractivity (Wildman–Crippen MR) is 125 cm³/mol. The summed E-state index contributed by atoms with van der Waals surface area (Å²) in [6.45, 7) is 8.11. The second-order valence-corrected chi connectivity index (χ2v) is 9.49. The number of alkyl halides is 1. The van der Waals surface area contributed by atoms with Gasteiger partial charge in [0.25, 0.3) is 0 Å². The van der Waals surface area contributed by atoms with E-state index in [1.54, 1.807) is 12.1 Å². The minimum atomic E-state index is -3.86. The summed E-state index contributed by atoms with van der Waals surface area (Å²) in [6.07, 6.45) is 0. The van der Waals surface area contributed by atoms with Crippen LogP contribution in [0.5, 0.6) is 0 Å². The van der Waals surface area contributed by atoms with Gasteiger partial charge in [-0.1, -0.05) is 37.3 Å². The number of halogens is 1. The molecule has 1 fully saturated rings. The van der Waals surface area contributed by atoms with E-state index in [1.807, 2.05) is 37.3 Å². The molecule has 1 aliphatic heterocycles. The zero-order valence-corrected chi connectivity index (χ0v) is 19.4. The maximum absolute atomic E-state index is 13.4. The van der Waals surface area contributed by atoms with Crippen molar-refractivity contribution in [2.24, 2.45) is 0 Å². The number of nitrogens with one attached hydrogen (secondary N) is 2. The fourth-order valence-corrected chi connectivity index (χ4v) is 5.22. The lowest BCUT2D eigenvalue weighted by Crippen LogP contribution is -2.46. The number of amides is 1. The van der Waals surface area contributed by atoms with Gasteiger partial charge in [0, 0.05) is 37.9 Å². The van der Waals surface area contributed by atoms with Crippen LogP contribution in [0.4, 0.5) is 11.4 Å². The van der Waals surface area contributed by atoms with Gasteiger partial charge in [-0.2, -0.15) is 0 Å². The highest BCUT2D eigenvalue weighted by Gasteiger charge is 2.27. The van der Waals surface area contributed by atoms with Gasteiger partial charge in [-0.15, -0.1) is 11.6 Å². The van der Waals surface area contributed by atoms with Crippen molar-refractivity contribution in [3.05, 3.63) is 54.1 Å². The van der Waals surface area contributed by atoms with Crippen LogP contribution in [0.15, 0.2) is 53.4 Å². The normalized spacial score (nSPS) is 16.2. The van der Waals surface area contributed by atoms with Crippen molar-refractivity contribution >= 4 is 38.9 Å². The first kappa shape index (κ1) is 23.5. The van der Waals surface area contributed by atoms with E-state index in [0.29, 0.717) is 11.4 Å². The highest BCUT2D eigenvalue weighted by molar-refractivity contribution is 7.89. The second kappa shape index (κ2) is 10.5. The fraction of sp³-hybridized carbons (Fsp3) is 0.409. The largest absolute Gasteiger partial charge is 0.368 e. The number of carbonyl (C=O) groups is 1. The Morgan fingerprint density at radius 3 is 2.39 bits per heavy atom. The summed E-state index contributed by atoms with van der Waals surface area (Å²) in [5.41, 5.74) is 1.90. The van der Waals surface area contributed by atoms with Crippen LogP contribution in [0.2, 0.25) is 0 Å². The lowest BCUT2D eigenvalue weighted by Gasteiger charge is -2.36. The predicted octanol–water partition coefficient (Wildman–Crippen LogP) is 3.05. The van der Waals surface area contributed by atoms with Crippen molar-refractivity contribution in [1.82, 2.24) is 9.62 Å². The molecule has 1 saturated heterocycles. The fourth-order valence-electron chi connectivity index (χ4n) is 3.67. The van der Waals surface area contributed by atoms with Crippen LogP contribution in [0.1, 0.15) is 25.5 Å². The zero-order valence-electron chi connectivity index (χ0n) is 17.8. The molecule has 1 heterocycles. The first-order valence-corrected chi connectivity index (χ1v) is 12.4. The standard InChI is InChI=1S/C22H29ClN4O3S/c1-3-26-11-13-27(14-12-26)20-10-9-19(24-22(28)16-23)15-21(20)31(29,30)25-17(2)18-7-5-4-6-8-18/h4-10,15,17,25H,3,11-14,16H2,1-2H3,(H,24,28). The van der Waals surface area contributed by atoms with Crippen molar-refractivity contribution in [3.63, 3.8) is 0 Å². The Bertz CT molecular complexity index is 993. The molecular formula is C22H29ClN4O3S. The highest BCUT2D eigenvalue weighted by atomic mass is 35.5. The van der Waals surface area contributed by atoms with Gasteiger partial charge >= 0.3 is 0 Å². The lowest BCUT2D eigenvalue weighted by molar-refractivity contribution is -0.113. The summed E-state index contributed by atoms with van der Waals surface area (Å²) in [5, 5.41) is 2.65. The van der Waals surface area contributed by atoms with Gasteiger partial charge in [0.2, 0.25) is 15.9 Å². The van der Waals surface area contributed by atoms with Crippen LogP contribution in [0.3, 0.4) is 0 Å². The van der Waals surface area contributed by atoms with E-state index in [-0.39, 0.29) is 16.7 Å². The Morgan fingerprint density at radius 1 is 1.10 bits per heavy atom. The van der Waals surface area contributed by atoms with Crippen LogP contribution in [0.25, 0.3) is 0 Å². The number of rotatable bonds is 8. The number of hydrogen-bond acceptors (Lipinski definition) is 5. The van der Waals surface area contributed by atoms with Crippen LogP contribution in [-0.4, -0.2) is 57.8 Å². The number of sulfonamides is 1. The molecule has 31 heavy (non-hydrogen) atoms. The molecule has 1 aliphatic rings. The van der Waals surface area contributed by atoms with Gasteiger partial charge in [0.1, 0.15) is 10.8 Å². The minimum Gasteiger partial charge on any atom is -0.368 e. The molecule has 0 aromatic heterocycles. The Kier molecular flexibility index (Phi) is 7.94. The molecule has 1 amide bonds. The third-order valence-corrected chi connectivity index (χ3v) is 7.26. The van der Waals surface area contributed by atoms with Gasteiger partial charge in [0.15, 0.2) is 0 Å². The Balaban J connectivity index is 1.93. The van der Waals surface area contributed by atoms with Crippen LogP contribution >= 0.6 is 11.6 Å². The minimum absolute atomic E-state index is 0.146. The number of likely N-dealkylation sites (N-methyl/N-ethyl adjacent to an activating group) is 1. The number of carbonyl (C=O) groups excluding carboxylic acids is 1. The Labute approximate surface area is 189 Å². The van der Waals surface area contributed by atoms with Gasteiger partial charge in [-0.05, 0) is 37.2 Å². The quantitative estimate of drug-likeness (QED) is 0.587. The van der Waals surface area contributed by atoms with Gasteiger partial charge in [-0.25, -0.2) is 13.1 Å². The van der Waals surface area contributed by atoms with Crippen molar-refractivity contribution in [3.8, 4) is 0 Å². The molecule has 2 aromatic rings. The molecule has 1 atom stereocenters. The molecular weight excluding hydrogens is 436 g/mol. The molecule has 9 heteroatoms. The van der Waals surface area contributed by atoms with Crippen LogP contribution in [-0.2, 0) is 14.8 Å². The summed E-state index contributed by atoms with van der Waals surface area (Å²) in [6, 6.07) is 14.0. The zero-order chi connectivity index (χ0) is 22.4.